The molecule has 0 aliphatic rings. The van der Waals surface area contributed by atoms with Gasteiger partial charge in [0.1, 0.15) is 0 Å². The van der Waals surface area contributed by atoms with Gasteiger partial charge in [0.2, 0.25) is 5.88 Å². The summed E-state index contributed by atoms with van der Waals surface area (Å²) in [5, 5.41) is 8.33. The van der Waals surface area contributed by atoms with Crippen LogP contribution in [0, 0.1) is 0 Å². The SMILES string of the molecule is COc1cc(CNCc2cccc(Cl)c2)nn1-c1ccc(C(F)(F)F)cc1. The predicted molar refractivity (Wildman–Crippen MR) is 97.1 cm³/mol. The first-order chi connectivity index (χ1) is 12.9. The summed E-state index contributed by atoms with van der Waals surface area (Å²) in [4.78, 5) is 0. The van der Waals surface area contributed by atoms with E-state index in [2.05, 4.69) is 10.4 Å². The van der Waals surface area contributed by atoms with Crippen LogP contribution in [0.15, 0.2) is 54.6 Å². The van der Waals surface area contributed by atoms with E-state index in [1.807, 2.05) is 24.3 Å². The van der Waals surface area contributed by atoms with Crippen molar-refractivity contribution >= 4 is 11.6 Å². The molecule has 0 unspecified atom stereocenters. The lowest BCUT2D eigenvalue weighted by Gasteiger charge is -2.09. The van der Waals surface area contributed by atoms with Crippen molar-refractivity contribution in [2.45, 2.75) is 19.3 Å². The highest BCUT2D eigenvalue weighted by molar-refractivity contribution is 6.30. The minimum atomic E-state index is -4.37. The average Bonchev–Trinajstić information content (AvgIpc) is 3.04. The zero-order valence-electron chi connectivity index (χ0n) is 14.4. The number of nitrogens with zero attached hydrogens (tertiary/aromatic N) is 2. The minimum absolute atomic E-state index is 0.439. The lowest BCUT2D eigenvalue weighted by atomic mass is 10.2. The van der Waals surface area contributed by atoms with Crippen LogP contribution in [0.2, 0.25) is 5.02 Å². The largest absolute Gasteiger partial charge is 0.481 e. The number of nitrogens with one attached hydrogen (secondary N) is 1. The van der Waals surface area contributed by atoms with Gasteiger partial charge in [0.05, 0.1) is 24.1 Å². The van der Waals surface area contributed by atoms with E-state index in [0.717, 1.165) is 17.7 Å². The zero-order valence-corrected chi connectivity index (χ0v) is 15.2. The van der Waals surface area contributed by atoms with Gasteiger partial charge >= 0.3 is 6.18 Å². The predicted octanol–water partition coefficient (Wildman–Crippen LogP) is 4.84. The van der Waals surface area contributed by atoms with Crippen molar-refractivity contribution in [3.05, 3.63) is 76.4 Å². The summed E-state index contributed by atoms with van der Waals surface area (Å²) in [7, 11) is 1.49. The van der Waals surface area contributed by atoms with Crippen LogP contribution < -0.4 is 10.1 Å². The molecule has 3 aromatic rings. The van der Waals surface area contributed by atoms with E-state index in [9.17, 15) is 13.2 Å². The van der Waals surface area contributed by atoms with Crippen LogP contribution in [0.25, 0.3) is 5.69 Å². The Hall–Kier alpha value is -2.51. The number of ether oxygens (including phenoxy) is 1. The van der Waals surface area contributed by atoms with Crippen LogP contribution in [0.5, 0.6) is 5.88 Å². The Balaban J connectivity index is 1.71. The highest BCUT2D eigenvalue weighted by Gasteiger charge is 2.30. The number of hydrogen-bond acceptors (Lipinski definition) is 3. The number of methoxy groups -OCH3 is 1. The first kappa shape index (κ1) is 19.3. The highest BCUT2D eigenvalue weighted by Crippen LogP contribution is 2.30. The molecule has 0 atom stereocenters. The van der Waals surface area contributed by atoms with Gasteiger partial charge in [-0.05, 0) is 42.0 Å². The molecule has 1 N–H and O–H groups in total. The molecule has 0 bridgehead atoms. The van der Waals surface area contributed by atoms with Crippen molar-refractivity contribution in [2.24, 2.45) is 0 Å². The molecule has 2 aromatic carbocycles. The van der Waals surface area contributed by atoms with Crippen molar-refractivity contribution in [1.82, 2.24) is 15.1 Å². The van der Waals surface area contributed by atoms with E-state index >= 15 is 0 Å². The second kappa shape index (κ2) is 8.02. The summed E-state index contributed by atoms with van der Waals surface area (Å²) in [6, 6.07) is 14.0. The van der Waals surface area contributed by atoms with Gasteiger partial charge in [-0.25, -0.2) is 4.68 Å². The summed E-state index contributed by atoms with van der Waals surface area (Å²) >= 11 is 5.96. The minimum Gasteiger partial charge on any atom is -0.481 e. The Kier molecular flexibility index (Phi) is 5.72. The van der Waals surface area contributed by atoms with Crippen LogP contribution in [0.3, 0.4) is 0 Å². The highest BCUT2D eigenvalue weighted by atomic mass is 35.5. The Morgan fingerprint density at radius 1 is 1.07 bits per heavy atom. The maximum atomic E-state index is 12.7. The van der Waals surface area contributed by atoms with Gasteiger partial charge in [0, 0.05) is 24.2 Å². The van der Waals surface area contributed by atoms with Crippen LogP contribution in [0.1, 0.15) is 16.8 Å². The second-order valence-electron chi connectivity index (χ2n) is 5.87. The quantitative estimate of drug-likeness (QED) is 0.649. The van der Waals surface area contributed by atoms with Crippen LogP contribution in [0.4, 0.5) is 13.2 Å². The van der Waals surface area contributed by atoms with E-state index in [1.54, 1.807) is 6.07 Å². The van der Waals surface area contributed by atoms with E-state index in [1.165, 1.54) is 23.9 Å². The molecule has 0 spiro atoms. The average molecular weight is 396 g/mol. The van der Waals surface area contributed by atoms with Gasteiger partial charge in [-0.1, -0.05) is 23.7 Å². The molecule has 142 valence electrons. The van der Waals surface area contributed by atoms with Gasteiger partial charge in [0.15, 0.2) is 0 Å². The molecule has 1 aromatic heterocycles. The molecule has 27 heavy (non-hydrogen) atoms. The maximum Gasteiger partial charge on any atom is 0.416 e. The topological polar surface area (TPSA) is 39.1 Å². The smallest absolute Gasteiger partial charge is 0.416 e. The molecule has 8 heteroatoms. The summed E-state index contributed by atoms with van der Waals surface area (Å²) in [6.45, 7) is 1.08. The molecule has 0 saturated heterocycles. The first-order valence-electron chi connectivity index (χ1n) is 8.12. The molecular formula is C19H17ClF3N3O. The molecule has 0 amide bonds. The monoisotopic (exact) mass is 395 g/mol. The number of hydrogen-bond donors (Lipinski definition) is 1. The molecule has 3 rings (SSSR count). The van der Waals surface area contributed by atoms with Crippen molar-refractivity contribution in [3.63, 3.8) is 0 Å². The van der Waals surface area contributed by atoms with Gasteiger partial charge in [-0.3, -0.25) is 0 Å². The van der Waals surface area contributed by atoms with E-state index in [0.29, 0.717) is 35.4 Å². The van der Waals surface area contributed by atoms with Crippen molar-refractivity contribution in [2.75, 3.05) is 7.11 Å². The van der Waals surface area contributed by atoms with E-state index in [-0.39, 0.29) is 0 Å². The van der Waals surface area contributed by atoms with Crippen LogP contribution in [-0.2, 0) is 19.3 Å². The second-order valence-corrected chi connectivity index (χ2v) is 6.30. The maximum absolute atomic E-state index is 12.7. The molecule has 0 fully saturated rings. The standard InChI is InChI=1S/C19H17ClF3N3O/c1-27-18-10-16(12-24-11-13-3-2-4-15(20)9-13)25-26(18)17-7-5-14(6-8-17)19(21,22)23/h2-10,24H,11-12H2,1H3. The summed E-state index contributed by atoms with van der Waals surface area (Å²) in [5.41, 5.74) is 1.52. The fraction of sp³-hybridized carbons (Fsp3) is 0.211. The molecule has 0 aliphatic carbocycles. The first-order valence-corrected chi connectivity index (χ1v) is 8.50. The van der Waals surface area contributed by atoms with E-state index in [4.69, 9.17) is 16.3 Å². The van der Waals surface area contributed by atoms with Gasteiger partial charge in [-0.15, -0.1) is 0 Å². The van der Waals surface area contributed by atoms with E-state index < -0.39 is 11.7 Å². The Morgan fingerprint density at radius 2 is 1.81 bits per heavy atom. The van der Waals surface area contributed by atoms with Crippen LogP contribution in [-0.4, -0.2) is 16.9 Å². The number of halogens is 4. The molecule has 4 nitrogen and oxygen atoms in total. The van der Waals surface area contributed by atoms with Crippen LogP contribution >= 0.6 is 11.6 Å². The summed E-state index contributed by atoms with van der Waals surface area (Å²) < 4.78 is 44.9. The zero-order chi connectivity index (χ0) is 19.4. The molecule has 0 saturated carbocycles. The molecule has 1 heterocycles. The Bertz CT molecular complexity index is 907. The molecule has 0 radical (unpaired) electrons. The lowest BCUT2D eigenvalue weighted by Crippen LogP contribution is -2.13. The third kappa shape index (κ3) is 4.81. The van der Waals surface area contributed by atoms with Gasteiger partial charge in [0.25, 0.3) is 0 Å². The third-order valence-corrected chi connectivity index (χ3v) is 4.13. The van der Waals surface area contributed by atoms with Crippen molar-refractivity contribution < 1.29 is 17.9 Å². The number of rotatable bonds is 6. The summed E-state index contributed by atoms with van der Waals surface area (Å²) in [6.07, 6.45) is -4.37. The Labute approximate surface area is 159 Å². The fourth-order valence-corrected chi connectivity index (χ4v) is 2.81. The number of aromatic nitrogens is 2. The summed E-state index contributed by atoms with van der Waals surface area (Å²) in [5.74, 6) is 0.439. The Morgan fingerprint density at radius 3 is 2.44 bits per heavy atom. The lowest BCUT2D eigenvalue weighted by molar-refractivity contribution is -0.137. The van der Waals surface area contributed by atoms with Gasteiger partial charge < -0.3 is 10.1 Å². The normalized spacial score (nSPS) is 11.6. The van der Waals surface area contributed by atoms with Crippen molar-refractivity contribution in [3.8, 4) is 11.6 Å². The number of alkyl halides is 3. The molecule has 0 aliphatic heterocycles. The van der Waals surface area contributed by atoms with Crippen molar-refractivity contribution in [1.29, 1.82) is 0 Å². The fourth-order valence-electron chi connectivity index (χ4n) is 2.60. The van der Waals surface area contributed by atoms with Gasteiger partial charge in [-0.2, -0.15) is 18.3 Å². The third-order valence-electron chi connectivity index (χ3n) is 3.90. The molecular weight excluding hydrogens is 379 g/mol. The number of benzene rings is 2.